The lowest BCUT2D eigenvalue weighted by molar-refractivity contribution is 0.102. The lowest BCUT2D eigenvalue weighted by atomic mass is 10.2. The molecule has 0 saturated carbocycles. The predicted octanol–water partition coefficient (Wildman–Crippen LogP) is 4.26. The fraction of sp³-hybridized carbons (Fsp3) is 0. The van der Waals surface area contributed by atoms with E-state index in [0.29, 0.717) is 11.3 Å². The molecule has 1 N–H and O–H groups in total. The summed E-state index contributed by atoms with van der Waals surface area (Å²) < 4.78 is 13.0. The van der Waals surface area contributed by atoms with Gasteiger partial charge in [0.05, 0.1) is 27.4 Å². The number of benzene rings is 2. The van der Waals surface area contributed by atoms with Gasteiger partial charge in [0.2, 0.25) is 0 Å². The van der Waals surface area contributed by atoms with E-state index in [9.17, 15) is 9.18 Å². The second-order valence-electron chi connectivity index (χ2n) is 3.89. The highest BCUT2D eigenvalue weighted by Gasteiger charge is 2.11. The Morgan fingerprint density at radius 3 is 2.50 bits per heavy atom. The zero-order chi connectivity index (χ0) is 14.7. The molecule has 2 aromatic carbocycles. The first-order valence-corrected chi connectivity index (χ1v) is 6.23. The molecule has 0 unspecified atom stereocenters. The number of anilines is 1. The summed E-state index contributed by atoms with van der Waals surface area (Å²) in [6.45, 7) is 0. The smallest absolute Gasteiger partial charge is 0.255 e. The maximum Gasteiger partial charge on any atom is 0.255 e. The first-order valence-electron chi connectivity index (χ1n) is 5.47. The predicted molar refractivity (Wildman–Crippen MR) is 75.5 cm³/mol. The summed E-state index contributed by atoms with van der Waals surface area (Å²) in [6.07, 6.45) is 0. The minimum absolute atomic E-state index is 0.136. The van der Waals surface area contributed by atoms with Crippen molar-refractivity contribution in [3.05, 3.63) is 63.4 Å². The summed E-state index contributed by atoms with van der Waals surface area (Å²) in [6, 6.07) is 10.1. The Bertz CT molecular complexity index is 726. The highest BCUT2D eigenvalue weighted by atomic mass is 35.5. The molecule has 0 fully saturated rings. The number of amides is 1. The van der Waals surface area contributed by atoms with Crippen LogP contribution in [0.4, 0.5) is 10.1 Å². The van der Waals surface area contributed by atoms with E-state index in [2.05, 4.69) is 5.32 Å². The lowest BCUT2D eigenvalue weighted by Crippen LogP contribution is -2.12. The van der Waals surface area contributed by atoms with Crippen LogP contribution in [0.2, 0.25) is 10.0 Å². The molecule has 0 aliphatic rings. The molecule has 0 saturated heterocycles. The molecule has 6 heteroatoms. The number of nitriles is 1. The molecule has 0 spiro atoms. The average molecular weight is 309 g/mol. The van der Waals surface area contributed by atoms with Crippen molar-refractivity contribution in [2.75, 3.05) is 5.32 Å². The van der Waals surface area contributed by atoms with Crippen LogP contribution in [0.25, 0.3) is 0 Å². The topological polar surface area (TPSA) is 52.9 Å². The van der Waals surface area contributed by atoms with Gasteiger partial charge in [0, 0.05) is 5.56 Å². The van der Waals surface area contributed by atoms with E-state index in [1.165, 1.54) is 30.3 Å². The second kappa shape index (κ2) is 5.91. The molecule has 0 aliphatic carbocycles. The summed E-state index contributed by atoms with van der Waals surface area (Å²) >= 11 is 11.6. The van der Waals surface area contributed by atoms with Crippen molar-refractivity contribution in [1.82, 2.24) is 0 Å². The van der Waals surface area contributed by atoms with Gasteiger partial charge >= 0.3 is 0 Å². The van der Waals surface area contributed by atoms with Crippen molar-refractivity contribution in [3.63, 3.8) is 0 Å². The van der Waals surface area contributed by atoms with Gasteiger partial charge in [-0.2, -0.15) is 5.26 Å². The molecule has 100 valence electrons. The molecule has 3 nitrogen and oxygen atoms in total. The Hall–Kier alpha value is -2.09. The molecular formula is C14H7Cl2FN2O. The minimum atomic E-state index is -0.598. The third kappa shape index (κ3) is 3.08. The van der Waals surface area contributed by atoms with Crippen molar-refractivity contribution in [2.45, 2.75) is 0 Å². The number of carbonyl (C=O) groups is 1. The van der Waals surface area contributed by atoms with E-state index < -0.39 is 11.7 Å². The molecule has 0 aliphatic heterocycles. The Kier molecular flexibility index (Phi) is 4.23. The maximum atomic E-state index is 13.0. The fourth-order valence-electron chi connectivity index (χ4n) is 1.52. The quantitative estimate of drug-likeness (QED) is 0.901. The number of nitrogens with one attached hydrogen (secondary N) is 1. The summed E-state index contributed by atoms with van der Waals surface area (Å²) in [5, 5.41) is 11.4. The van der Waals surface area contributed by atoms with Crippen molar-refractivity contribution < 1.29 is 9.18 Å². The number of hydrogen-bond acceptors (Lipinski definition) is 2. The number of halogens is 3. The van der Waals surface area contributed by atoms with Gasteiger partial charge in [-0.15, -0.1) is 0 Å². The van der Waals surface area contributed by atoms with Gasteiger partial charge in [0.15, 0.2) is 0 Å². The van der Waals surface area contributed by atoms with Gasteiger partial charge in [-0.1, -0.05) is 23.2 Å². The van der Waals surface area contributed by atoms with Gasteiger partial charge in [-0.05, 0) is 36.4 Å². The highest BCUT2D eigenvalue weighted by Crippen LogP contribution is 2.24. The van der Waals surface area contributed by atoms with Crippen LogP contribution in [-0.4, -0.2) is 5.91 Å². The summed E-state index contributed by atoms with van der Waals surface area (Å²) in [5.41, 5.74) is 0.950. The van der Waals surface area contributed by atoms with E-state index in [1.54, 1.807) is 0 Å². The second-order valence-corrected chi connectivity index (χ2v) is 4.70. The molecule has 20 heavy (non-hydrogen) atoms. The Labute approximate surface area is 124 Å². The van der Waals surface area contributed by atoms with Crippen LogP contribution < -0.4 is 5.32 Å². The standard InChI is InChI=1S/C14H7Cl2FN2O/c15-10-6-9(2-3-12(10)17)14(20)19-13-4-1-8(7-18)5-11(13)16/h1-6H,(H,19,20). The van der Waals surface area contributed by atoms with E-state index in [4.69, 9.17) is 28.5 Å². The zero-order valence-electron chi connectivity index (χ0n) is 9.95. The number of carbonyl (C=O) groups excluding carboxylic acids is 1. The van der Waals surface area contributed by atoms with Gasteiger partial charge in [0.25, 0.3) is 5.91 Å². The van der Waals surface area contributed by atoms with Crippen LogP contribution in [0.5, 0.6) is 0 Å². The van der Waals surface area contributed by atoms with Crippen molar-refractivity contribution in [2.24, 2.45) is 0 Å². The SMILES string of the molecule is N#Cc1ccc(NC(=O)c2ccc(F)c(Cl)c2)c(Cl)c1. The molecule has 2 rings (SSSR count). The molecule has 0 atom stereocenters. The van der Waals surface area contributed by atoms with Gasteiger partial charge in [-0.25, -0.2) is 4.39 Å². The van der Waals surface area contributed by atoms with Gasteiger partial charge in [0.1, 0.15) is 5.82 Å². The molecular weight excluding hydrogens is 302 g/mol. The van der Waals surface area contributed by atoms with Crippen LogP contribution in [0.1, 0.15) is 15.9 Å². The van der Waals surface area contributed by atoms with E-state index in [0.717, 1.165) is 6.07 Å². The average Bonchev–Trinajstić information content (AvgIpc) is 2.43. The molecule has 1 amide bonds. The Balaban J connectivity index is 2.23. The number of rotatable bonds is 2. The van der Waals surface area contributed by atoms with E-state index in [1.807, 2.05) is 6.07 Å². The zero-order valence-corrected chi connectivity index (χ0v) is 11.5. The first-order chi connectivity index (χ1) is 9.51. The normalized spacial score (nSPS) is 9.90. The van der Waals surface area contributed by atoms with Gasteiger partial charge in [-0.3, -0.25) is 4.79 Å². The first kappa shape index (κ1) is 14.3. The third-order valence-corrected chi connectivity index (χ3v) is 3.13. The molecule has 0 heterocycles. The van der Waals surface area contributed by atoms with E-state index >= 15 is 0 Å². The van der Waals surface area contributed by atoms with Crippen LogP contribution in [0, 0.1) is 17.1 Å². The fourth-order valence-corrected chi connectivity index (χ4v) is 1.93. The van der Waals surface area contributed by atoms with Gasteiger partial charge < -0.3 is 5.32 Å². The van der Waals surface area contributed by atoms with Crippen molar-refractivity contribution in [3.8, 4) is 6.07 Å². The number of nitrogens with zero attached hydrogens (tertiary/aromatic N) is 1. The van der Waals surface area contributed by atoms with Crippen LogP contribution in [0.3, 0.4) is 0 Å². The van der Waals surface area contributed by atoms with Crippen molar-refractivity contribution in [1.29, 1.82) is 5.26 Å². The summed E-state index contributed by atoms with van der Waals surface area (Å²) in [7, 11) is 0. The third-order valence-electron chi connectivity index (χ3n) is 2.53. The molecule has 0 radical (unpaired) electrons. The van der Waals surface area contributed by atoms with E-state index in [-0.39, 0.29) is 15.6 Å². The summed E-state index contributed by atoms with van der Waals surface area (Å²) in [5.74, 6) is -1.07. The molecule has 2 aromatic rings. The lowest BCUT2D eigenvalue weighted by Gasteiger charge is -2.08. The van der Waals surface area contributed by atoms with Crippen molar-refractivity contribution >= 4 is 34.8 Å². The Morgan fingerprint density at radius 1 is 1.15 bits per heavy atom. The van der Waals surface area contributed by atoms with Crippen LogP contribution in [0.15, 0.2) is 36.4 Å². The maximum absolute atomic E-state index is 13.0. The molecule has 0 bridgehead atoms. The van der Waals surface area contributed by atoms with Crippen LogP contribution in [-0.2, 0) is 0 Å². The minimum Gasteiger partial charge on any atom is -0.321 e. The Morgan fingerprint density at radius 2 is 1.90 bits per heavy atom. The highest BCUT2D eigenvalue weighted by molar-refractivity contribution is 6.34. The summed E-state index contributed by atoms with van der Waals surface area (Å²) in [4.78, 5) is 12.0. The largest absolute Gasteiger partial charge is 0.321 e. The van der Waals surface area contributed by atoms with Crippen LogP contribution >= 0.6 is 23.2 Å². The molecule has 0 aromatic heterocycles. The number of hydrogen-bond donors (Lipinski definition) is 1. The monoisotopic (exact) mass is 308 g/mol.